The topological polar surface area (TPSA) is 151 Å². The number of nitrogens with zero attached hydrogens (tertiary/aromatic N) is 5. The summed E-state index contributed by atoms with van der Waals surface area (Å²) in [5, 5.41) is 1.17. The van der Waals surface area contributed by atoms with Gasteiger partial charge < -0.3 is 37.7 Å². The van der Waals surface area contributed by atoms with Crippen molar-refractivity contribution in [3.8, 4) is 67.8 Å². The first-order valence-corrected chi connectivity index (χ1v) is 22.6. The first-order chi connectivity index (χ1) is 33.9. The third kappa shape index (κ3) is 9.00. The molecule has 358 valence electrons. The van der Waals surface area contributed by atoms with E-state index < -0.39 is 11.6 Å². The van der Waals surface area contributed by atoms with Gasteiger partial charge in [0.25, 0.3) is 22.2 Å². The first kappa shape index (κ1) is 47.2. The highest BCUT2D eigenvalue weighted by Crippen LogP contribution is 2.41. The number of rotatable bonds is 8. The number of aryl methyl sites for hydroxylation is 9. The monoisotopic (exact) mass is 953 g/mol. The summed E-state index contributed by atoms with van der Waals surface area (Å²) in [5.74, 6) is 1.12. The molecule has 0 radical (unpaired) electrons. The Balaban J connectivity index is 0.000000176. The molecule has 10 rings (SSSR count). The second kappa shape index (κ2) is 18.6. The van der Waals surface area contributed by atoms with E-state index in [1.807, 2.05) is 89.2 Å². The number of aromatic amines is 2. The highest BCUT2D eigenvalue weighted by molar-refractivity contribution is 6.00. The number of ether oxygens (including phenoxy) is 2. The lowest BCUT2D eigenvalue weighted by Crippen LogP contribution is -2.18. The summed E-state index contributed by atoms with van der Waals surface area (Å²) in [5.41, 5.74) is 8.75. The first-order valence-electron chi connectivity index (χ1n) is 22.6. The Bertz CT molecular complexity index is 3980. The maximum absolute atomic E-state index is 14.5. The SMILES string of the molecule is Cc1cc(-c2cc3c(-c4cc(=O)n(C)cc4Oc4c(C)cccc4C)cn(C)c(=O)c3[nH]2)ccn1.Cc1cccc(C)c1Oc1cn(C)c(=O)cc1-c1cn(C)c(=O)c2[nH]c(-c3cc(F)ccc3F)cc12. The Morgan fingerprint density at radius 1 is 0.493 bits per heavy atom. The molecule has 71 heavy (non-hydrogen) atoms. The van der Waals surface area contributed by atoms with Crippen LogP contribution in [0, 0.1) is 46.3 Å². The van der Waals surface area contributed by atoms with Crippen molar-refractivity contribution in [1.29, 1.82) is 0 Å². The Morgan fingerprint density at radius 3 is 1.44 bits per heavy atom. The smallest absolute Gasteiger partial charge is 0.274 e. The minimum absolute atomic E-state index is 0.00446. The van der Waals surface area contributed by atoms with Crippen molar-refractivity contribution in [3.63, 3.8) is 0 Å². The Labute approximate surface area is 405 Å². The number of nitrogens with one attached hydrogen (secondary N) is 2. The van der Waals surface area contributed by atoms with Crippen molar-refractivity contribution < 1.29 is 18.3 Å². The van der Waals surface area contributed by atoms with Crippen LogP contribution in [0.15, 0.2) is 141 Å². The summed E-state index contributed by atoms with van der Waals surface area (Å²) < 4.78 is 47.0. The molecule has 0 saturated carbocycles. The van der Waals surface area contributed by atoms with Gasteiger partial charge in [-0.3, -0.25) is 24.2 Å². The van der Waals surface area contributed by atoms with Crippen molar-refractivity contribution in [1.82, 2.24) is 33.2 Å². The Hall–Kier alpha value is -8.85. The van der Waals surface area contributed by atoms with Crippen LogP contribution in [0.1, 0.15) is 27.9 Å². The minimum atomic E-state index is -0.631. The van der Waals surface area contributed by atoms with Gasteiger partial charge in [0.05, 0.1) is 12.4 Å². The van der Waals surface area contributed by atoms with Crippen molar-refractivity contribution in [2.45, 2.75) is 34.6 Å². The lowest BCUT2D eigenvalue weighted by atomic mass is 10.0. The fourth-order valence-corrected chi connectivity index (χ4v) is 8.75. The molecule has 0 aliphatic heterocycles. The molecule has 7 aromatic heterocycles. The van der Waals surface area contributed by atoms with Crippen LogP contribution in [-0.2, 0) is 28.2 Å². The molecule has 10 aromatic rings. The summed E-state index contributed by atoms with van der Waals surface area (Å²) >= 11 is 0. The van der Waals surface area contributed by atoms with Gasteiger partial charge in [-0.2, -0.15) is 0 Å². The second-order valence-corrected chi connectivity index (χ2v) is 17.8. The number of hydrogen-bond donors (Lipinski definition) is 2. The van der Waals surface area contributed by atoms with Crippen molar-refractivity contribution in [2.75, 3.05) is 0 Å². The molecule has 0 amide bonds. The lowest BCUT2D eigenvalue weighted by molar-refractivity contribution is 0.470. The van der Waals surface area contributed by atoms with Gasteiger partial charge in [-0.05, 0) is 99.3 Å². The van der Waals surface area contributed by atoms with Crippen LogP contribution in [0.3, 0.4) is 0 Å². The zero-order valence-electron chi connectivity index (χ0n) is 40.5. The standard InChI is InChI=1S/C28H23F2N3O3.C28H26N4O3/c1-15-6-5-7-16(2)27(15)36-24-14-32(3)25(34)12-18(24)21-13-33(4)28(35)26-19(21)11-23(31-26)20-10-17(29)8-9-22(20)30;1-16-7-6-8-17(2)27(16)35-24-15-31(4)25(33)13-20(24)22-14-32(5)28(34)26-21(22)12-23(30-26)19-9-10-29-18(3)11-19/h5-14,31H,1-4H3;6-15,30H,1-5H3. The fourth-order valence-electron chi connectivity index (χ4n) is 8.75. The van der Waals surface area contributed by atoms with Crippen molar-refractivity contribution in [2.24, 2.45) is 28.2 Å². The van der Waals surface area contributed by atoms with Gasteiger partial charge in [0, 0.05) is 120 Å². The van der Waals surface area contributed by atoms with Gasteiger partial charge in [0.15, 0.2) is 11.5 Å². The summed E-state index contributed by atoms with van der Waals surface area (Å²) in [6, 6.07) is 25.3. The van der Waals surface area contributed by atoms with Crippen LogP contribution in [0.5, 0.6) is 23.0 Å². The number of H-pyrrole nitrogens is 2. The zero-order valence-corrected chi connectivity index (χ0v) is 40.5. The van der Waals surface area contributed by atoms with E-state index >= 15 is 0 Å². The van der Waals surface area contributed by atoms with E-state index in [1.54, 1.807) is 71.3 Å². The third-order valence-electron chi connectivity index (χ3n) is 12.6. The molecular weight excluding hydrogens is 905 g/mol. The summed E-state index contributed by atoms with van der Waals surface area (Å²) in [7, 11) is 6.61. The average molecular weight is 954 g/mol. The minimum Gasteiger partial charge on any atom is -0.455 e. The number of para-hydroxylation sites is 2. The molecule has 0 spiro atoms. The van der Waals surface area contributed by atoms with E-state index in [0.29, 0.717) is 44.8 Å². The third-order valence-corrected chi connectivity index (χ3v) is 12.6. The summed E-state index contributed by atoms with van der Waals surface area (Å²) in [6.45, 7) is 9.77. The summed E-state index contributed by atoms with van der Waals surface area (Å²) in [6.07, 6.45) is 8.40. The van der Waals surface area contributed by atoms with Crippen molar-refractivity contribution in [3.05, 3.63) is 203 Å². The van der Waals surface area contributed by atoms with Gasteiger partial charge in [-0.15, -0.1) is 0 Å². The quantitative estimate of drug-likeness (QED) is 0.154. The molecule has 0 saturated heterocycles. The molecule has 15 heteroatoms. The number of hydrogen-bond acceptors (Lipinski definition) is 7. The molecule has 3 aromatic carbocycles. The van der Waals surface area contributed by atoms with Gasteiger partial charge in [0.1, 0.15) is 34.2 Å². The van der Waals surface area contributed by atoms with Gasteiger partial charge in [0.2, 0.25) is 0 Å². The number of pyridine rings is 5. The van der Waals surface area contributed by atoms with Crippen LogP contribution < -0.4 is 31.7 Å². The van der Waals surface area contributed by atoms with E-state index in [0.717, 1.165) is 74.1 Å². The maximum Gasteiger partial charge on any atom is 0.274 e. The highest BCUT2D eigenvalue weighted by atomic mass is 19.1. The number of halogens is 2. The molecule has 13 nitrogen and oxygen atoms in total. The zero-order chi connectivity index (χ0) is 50.6. The van der Waals surface area contributed by atoms with Crippen LogP contribution in [0.25, 0.3) is 66.6 Å². The Morgan fingerprint density at radius 2 is 0.958 bits per heavy atom. The molecule has 0 bridgehead atoms. The lowest BCUT2D eigenvalue weighted by Gasteiger charge is -2.17. The van der Waals surface area contributed by atoms with E-state index in [4.69, 9.17) is 9.47 Å². The van der Waals surface area contributed by atoms with E-state index in [1.165, 1.54) is 24.3 Å². The Kier molecular flexibility index (Phi) is 12.4. The fraction of sp³-hybridized carbons (Fsp3) is 0.161. The van der Waals surface area contributed by atoms with Crippen LogP contribution in [-0.4, -0.2) is 33.2 Å². The molecule has 7 heterocycles. The number of benzene rings is 3. The molecule has 0 atom stereocenters. The largest absolute Gasteiger partial charge is 0.455 e. The van der Waals surface area contributed by atoms with E-state index in [9.17, 15) is 28.0 Å². The van der Waals surface area contributed by atoms with Crippen LogP contribution >= 0.6 is 0 Å². The van der Waals surface area contributed by atoms with Gasteiger partial charge in [-0.1, -0.05) is 36.4 Å². The predicted molar refractivity (Wildman–Crippen MR) is 274 cm³/mol. The van der Waals surface area contributed by atoms with Crippen LogP contribution in [0.2, 0.25) is 0 Å². The molecule has 2 N–H and O–H groups in total. The molecular formula is C56H49F2N7O6. The normalized spacial score (nSPS) is 11.3. The molecule has 0 aliphatic carbocycles. The molecule has 0 unspecified atom stereocenters. The van der Waals surface area contributed by atoms with E-state index in [-0.39, 0.29) is 39.0 Å². The average Bonchev–Trinajstić information content (AvgIpc) is 3.99. The highest BCUT2D eigenvalue weighted by Gasteiger charge is 2.22. The van der Waals surface area contributed by atoms with Gasteiger partial charge in [-0.25, -0.2) is 8.78 Å². The van der Waals surface area contributed by atoms with E-state index in [2.05, 4.69) is 15.0 Å². The van der Waals surface area contributed by atoms with Gasteiger partial charge >= 0.3 is 0 Å². The van der Waals surface area contributed by atoms with Crippen molar-refractivity contribution >= 4 is 21.8 Å². The molecule has 0 aliphatic rings. The predicted octanol–water partition coefficient (Wildman–Crippen LogP) is 10.6. The summed E-state index contributed by atoms with van der Waals surface area (Å²) in [4.78, 5) is 61.9. The number of fused-ring (bicyclic) bond motifs is 2. The second-order valence-electron chi connectivity index (χ2n) is 17.8. The molecule has 0 fully saturated rings. The maximum atomic E-state index is 14.5. The number of aromatic nitrogens is 7. The van der Waals surface area contributed by atoms with Crippen LogP contribution in [0.4, 0.5) is 8.78 Å².